The second kappa shape index (κ2) is 9.15. The summed E-state index contributed by atoms with van der Waals surface area (Å²) in [4.78, 5) is 7.14. The second-order valence-electron chi connectivity index (χ2n) is 6.80. The Labute approximate surface area is 159 Å². The van der Waals surface area contributed by atoms with Gasteiger partial charge in [-0.1, -0.05) is 25.0 Å². The number of phenolic OH excluding ortho intramolecular Hbond substituents is 1. The van der Waals surface area contributed by atoms with Crippen LogP contribution in [0.15, 0.2) is 36.5 Å². The molecule has 0 saturated carbocycles. The maximum Gasteiger partial charge on any atom is 0.141 e. The van der Waals surface area contributed by atoms with E-state index in [1.807, 2.05) is 29.5 Å². The van der Waals surface area contributed by atoms with Crippen LogP contribution in [-0.4, -0.2) is 16.7 Å². The maximum atomic E-state index is 9.89. The molecule has 0 aliphatic carbocycles. The van der Waals surface area contributed by atoms with Crippen molar-refractivity contribution in [2.24, 2.45) is 0 Å². The monoisotopic (exact) mass is 369 g/mol. The fourth-order valence-electron chi connectivity index (χ4n) is 3.33. The standard InChI is InChI=1S/C22H27NO2S/c1-16-14-18(17(2)26-16)8-5-3-4-6-13-25-15-19-10-11-21(24)22-20(19)9-7-12-23-22/h7,9-12,14,24H,3-6,8,13,15H2,1-2H3. The molecule has 0 spiro atoms. The highest BCUT2D eigenvalue weighted by Crippen LogP contribution is 2.26. The Kier molecular flexibility index (Phi) is 6.64. The molecule has 3 nitrogen and oxygen atoms in total. The van der Waals surface area contributed by atoms with Crippen LogP contribution in [0, 0.1) is 13.8 Å². The zero-order valence-corrected chi connectivity index (χ0v) is 16.4. The Morgan fingerprint density at radius 3 is 2.69 bits per heavy atom. The van der Waals surface area contributed by atoms with Gasteiger partial charge in [0.1, 0.15) is 11.3 Å². The minimum absolute atomic E-state index is 0.223. The van der Waals surface area contributed by atoms with E-state index < -0.39 is 0 Å². The number of pyridine rings is 1. The van der Waals surface area contributed by atoms with E-state index in [0.29, 0.717) is 12.1 Å². The van der Waals surface area contributed by atoms with E-state index in [0.717, 1.165) is 24.0 Å². The first kappa shape index (κ1) is 18.9. The molecule has 0 aliphatic rings. The van der Waals surface area contributed by atoms with Crippen LogP contribution in [0.1, 0.15) is 46.6 Å². The van der Waals surface area contributed by atoms with Gasteiger partial charge in [-0.15, -0.1) is 11.3 Å². The fourth-order valence-corrected chi connectivity index (χ4v) is 4.31. The van der Waals surface area contributed by atoms with E-state index in [4.69, 9.17) is 4.74 Å². The molecule has 0 fully saturated rings. The number of aromatic hydroxyl groups is 1. The number of ether oxygens (including phenoxy) is 1. The van der Waals surface area contributed by atoms with Gasteiger partial charge in [0.05, 0.1) is 6.61 Å². The quantitative estimate of drug-likeness (QED) is 0.475. The van der Waals surface area contributed by atoms with Gasteiger partial charge in [-0.3, -0.25) is 4.98 Å². The molecular formula is C22H27NO2S. The maximum absolute atomic E-state index is 9.89. The Balaban J connectivity index is 1.35. The molecule has 26 heavy (non-hydrogen) atoms. The summed E-state index contributed by atoms with van der Waals surface area (Å²) >= 11 is 1.90. The molecule has 1 aromatic carbocycles. The molecule has 0 unspecified atom stereocenters. The Morgan fingerprint density at radius 2 is 1.88 bits per heavy atom. The number of phenols is 1. The third-order valence-electron chi connectivity index (χ3n) is 4.72. The summed E-state index contributed by atoms with van der Waals surface area (Å²) in [5.74, 6) is 0.223. The summed E-state index contributed by atoms with van der Waals surface area (Å²) in [5.41, 5.74) is 3.25. The van der Waals surface area contributed by atoms with Gasteiger partial charge in [-0.2, -0.15) is 0 Å². The number of aromatic nitrogens is 1. The van der Waals surface area contributed by atoms with Gasteiger partial charge in [-0.05, 0) is 62.4 Å². The molecule has 138 valence electrons. The van der Waals surface area contributed by atoms with Gasteiger partial charge < -0.3 is 9.84 Å². The molecule has 0 amide bonds. The number of aryl methyl sites for hydroxylation is 3. The van der Waals surface area contributed by atoms with Crippen molar-refractivity contribution < 1.29 is 9.84 Å². The number of nitrogens with zero attached hydrogens (tertiary/aromatic N) is 1. The minimum Gasteiger partial charge on any atom is -0.506 e. The SMILES string of the molecule is Cc1cc(CCCCCCOCc2ccc(O)c3ncccc23)c(C)s1. The van der Waals surface area contributed by atoms with E-state index in [1.165, 1.54) is 41.0 Å². The van der Waals surface area contributed by atoms with E-state index >= 15 is 0 Å². The first-order valence-corrected chi connectivity index (χ1v) is 10.2. The van der Waals surface area contributed by atoms with E-state index in [9.17, 15) is 5.11 Å². The summed E-state index contributed by atoms with van der Waals surface area (Å²) in [6.45, 7) is 5.75. The van der Waals surface area contributed by atoms with Crippen LogP contribution in [0.5, 0.6) is 5.75 Å². The average Bonchev–Trinajstić information content (AvgIpc) is 2.96. The largest absolute Gasteiger partial charge is 0.506 e. The Morgan fingerprint density at radius 1 is 1.04 bits per heavy atom. The molecule has 0 aliphatic heterocycles. The molecule has 4 heteroatoms. The highest BCUT2D eigenvalue weighted by Gasteiger charge is 2.06. The summed E-state index contributed by atoms with van der Waals surface area (Å²) in [6.07, 6.45) is 7.71. The summed E-state index contributed by atoms with van der Waals surface area (Å²) in [7, 11) is 0. The molecule has 3 aromatic rings. The first-order valence-electron chi connectivity index (χ1n) is 9.34. The number of thiophene rings is 1. The summed E-state index contributed by atoms with van der Waals surface area (Å²) in [5, 5.41) is 10.9. The number of unbranched alkanes of at least 4 members (excludes halogenated alkanes) is 3. The number of rotatable bonds is 9. The van der Waals surface area contributed by atoms with Crippen molar-refractivity contribution in [2.75, 3.05) is 6.61 Å². The zero-order chi connectivity index (χ0) is 18.4. The third-order valence-corrected chi connectivity index (χ3v) is 5.73. The lowest BCUT2D eigenvalue weighted by Crippen LogP contribution is -1.97. The second-order valence-corrected chi connectivity index (χ2v) is 8.26. The van der Waals surface area contributed by atoms with E-state index in [2.05, 4.69) is 24.9 Å². The van der Waals surface area contributed by atoms with Gasteiger partial charge in [0.15, 0.2) is 0 Å². The van der Waals surface area contributed by atoms with Crippen LogP contribution < -0.4 is 0 Å². The van der Waals surface area contributed by atoms with Crippen LogP contribution in [0.3, 0.4) is 0 Å². The van der Waals surface area contributed by atoms with Crippen molar-refractivity contribution in [2.45, 2.75) is 52.6 Å². The van der Waals surface area contributed by atoms with Gasteiger partial charge in [0.25, 0.3) is 0 Å². The van der Waals surface area contributed by atoms with Gasteiger partial charge >= 0.3 is 0 Å². The molecule has 3 rings (SSSR count). The molecule has 0 saturated heterocycles. The third kappa shape index (κ3) is 4.83. The number of benzene rings is 1. The zero-order valence-electron chi connectivity index (χ0n) is 15.6. The van der Waals surface area contributed by atoms with Crippen molar-refractivity contribution >= 4 is 22.2 Å². The van der Waals surface area contributed by atoms with Crippen LogP contribution in [0.4, 0.5) is 0 Å². The van der Waals surface area contributed by atoms with Gasteiger partial charge in [0.2, 0.25) is 0 Å². The highest BCUT2D eigenvalue weighted by molar-refractivity contribution is 7.12. The molecule has 2 heterocycles. The normalized spacial score (nSPS) is 11.3. The lowest BCUT2D eigenvalue weighted by molar-refractivity contribution is 0.117. The Hall–Kier alpha value is -1.91. The van der Waals surface area contributed by atoms with Crippen LogP contribution in [0.2, 0.25) is 0 Å². The molecule has 0 atom stereocenters. The number of fused-ring (bicyclic) bond motifs is 1. The van der Waals surface area contributed by atoms with Crippen LogP contribution in [-0.2, 0) is 17.8 Å². The van der Waals surface area contributed by atoms with Gasteiger partial charge in [-0.25, -0.2) is 0 Å². The number of hydrogen-bond donors (Lipinski definition) is 1. The molecule has 0 radical (unpaired) electrons. The van der Waals surface area contributed by atoms with Crippen molar-refractivity contribution in [1.82, 2.24) is 4.98 Å². The molecule has 2 aromatic heterocycles. The van der Waals surface area contributed by atoms with Crippen LogP contribution >= 0.6 is 11.3 Å². The predicted molar refractivity (Wildman–Crippen MR) is 109 cm³/mol. The average molecular weight is 370 g/mol. The number of hydrogen-bond acceptors (Lipinski definition) is 4. The van der Waals surface area contributed by atoms with E-state index in [-0.39, 0.29) is 5.75 Å². The Bertz CT molecular complexity index is 856. The predicted octanol–water partition coefficient (Wildman–Crippen LogP) is 5.94. The van der Waals surface area contributed by atoms with E-state index in [1.54, 1.807) is 12.3 Å². The lowest BCUT2D eigenvalue weighted by atomic mass is 10.1. The van der Waals surface area contributed by atoms with Gasteiger partial charge in [0, 0.05) is 27.9 Å². The fraction of sp³-hybridized carbons (Fsp3) is 0.409. The molecule has 1 N–H and O–H groups in total. The lowest BCUT2D eigenvalue weighted by Gasteiger charge is -2.08. The van der Waals surface area contributed by atoms with Crippen molar-refractivity contribution in [1.29, 1.82) is 0 Å². The highest BCUT2D eigenvalue weighted by atomic mass is 32.1. The van der Waals surface area contributed by atoms with Crippen molar-refractivity contribution in [3.05, 3.63) is 57.4 Å². The van der Waals surface area contributed by atoms with Crippen molar-refractivity contribution in [3.63, 3.8) is 0 Å². The first-order chi connectivity index (χ1) is 12.6. The minimum atomic E-state index is 0.223. The summed E-state index contributed by atoms with van der Waals surface area (Å²) in [6, 6.07) is 9.82. The summed E-state index contributed by atoms with van der Waals surface area (Å²) < 4.78 is 5.85. The van der Waals surface area contributed by atoms with Crippen LogP contribution in [0.25, 0.3) is 10.9 Å². The molecule has 0 bridgehead atoms. The topological polar surface area (TPSA) is 42.4 Å². The molecular weight excluding hydrogens is 342 g/mol. The van der Waals surface area contributed by atoms with Crippen molar-refractivity contribution in [3.8, 4) is 5.75 Å². The smallest absolute Gasteiger partial charge is 0.141 e.